The van der Waals surface area contributed by atoms with E-state index in [0.717, 1.165) is 27.8 Å². The normalized spacial score (nSPS) is 12.0. The number of rotatable bonds is 4. The summed E-state index contributed by atoms with van der Waals surface area (Å²) in [6, 6.07) is 22.1. The first-order valence-electron chi connectivity index (χ1n) is 8.07. The minimum Gasteiger partial charge on any atom is -0.359 e. The highest BCUT2D eigenvalue weighted by atomic mass is 19.1. The van der Waals surface area contributed by atoms with Gasteiger partial charge >= 0.3 is 0 Å². The molecule has 0 radical (unpaired) electrons. The fraction of sp³-hybridized carbons (Fsp3) is 0.0476. The Bertz CT molecular complexity index is 1000. The highest BCUT2D eigenvalue weighted by Gasteiger charge is 2.16. The molecule has 0 aliphatic carbocycles. The van der Waals surface area contributed by atoms with Gasteiger partial charge in [-0.3, -0.25) is 4.98 Å². The minimum atomic E-state index is -0.260. The molecule has 25 heavy (non-hydrogen) atoms. The Morgan fingerprint density at radius 2 is 1.64 bits per heavy atom. The van der Waals surface area contributed by atoms with E-state index in [2.05, 4.69) is 15.3 Å². The third-order valence-electron chi connectivity index (χ3n) is 4.10. The molecule has 1 atom stereocenters. The molecule has 1 unspecified atom stereocenters. The second kappa shape index (κ2) is 6.69. The zero-order valence-corrected chi connectivity index (χ0v) is 13.4. The summed E-state index contributed by atoms with van der Waals surface area (Å²) in [5.74, 6) is 0.474. The molecule has 1 N–H and O–H groups in total. The van der Waals surface area contributed by atoms with E-state index in [1.807, 2.05) is 54.6 Å². The summed E-state index contributed by atoms with van der Waals surface area (Å²) < 4.78 is 13.8. The number of benzene rings is 2. The van der Waals surface area contributed by atoms with Crippen molar-refractivity contribution in [1.82, 2.24) is 9.97 Å². The summed E-state index contributed by atoms with van der Waals surface area (Å²) in [4.78, 5) is 8.76. The number of fused-ring (bicyclic) bond motifs is 1. The molecular weight excluding hydrogens is 313 g/mol. The molecule has 2 heterocycles. The van der Waals surface area contributed by atoms with Gasteiger partial charge in [0.15, 0.2) is 0 Å². The lowest BCUT2D eigenvalue weighted by atomic mass is 9.97. The van der Waals surface area contributed by atoms with Crippen LogP contribution in [0.4, 0.5) is 10.2 Å². The molecule has 3 nitrogen and oxygen atoms in total. The first-order chi connectivity index (χ1) is 12.3. The number of pyridine rings is 2. The Balaban J connectivity index is 1.80. The summed E-state index contributed by atoms with van der Waals surface area (Å²) in [7, 11) is 0. The predicted molar refractivity (Wildman–Crippen MR) is 97.8 cm³/mol. The van der Waals surface area contributed by atoms with Crippen LogP contribution in [0.3, 0.4) is 0 Å². The van der Waals surface area contributed by atoms with Gasteiger partial charge in [-0.15, -0.1) is 0 Å². The number of aromatic nitrogens is 2. The van der Waals surface area contributed by atoms with Crippen LogP contribution >= 0.6 is 0 Å². The third-order valence-corrected chi connectivity index (χ3v) is 4.10. The number of hydrogen-bond acceptors (Lipinski definition) is 3. The van der Waals surface area contributed by atoms with Crippen LogP contribution in [0.5, 0.6) is 0 Å². The molecule has 0 amide bonds. The first-order valence-corrected chi connectivity index (χ1v) is 8.07. The average Bonchev–Trinajstić information content (AvgIpc) is 2.66. The molecule has 0 saturated carbocycles. The smallest absolute Gasteiger partial charge is 0.126 e. The van der Waals surface area contributed by atoms with Gasteiger partial charge in [0.05, 0.1) is 11.6 Å². The SMILES string of the molecule is Fc1cccc(C(Nc2ccccn2)c2ccc3cccnc3c2)c1. The molecular formula is C21H16FN3. The minimum absolute atomic E-state index is 0.225. The van der Waals surface area contributed by atoms with E-state index < -0.39 is 0 Å². The summed E-state index contributed by atoms with van der Waals surface area (Å²) in [6.45, 7) is 0. The monoisotopic (exact) mass is 329 g/mol. The van der Waals surface area contributed by atoms with Gasteiger partial charge in [-0.25, -0.2) is 9.37 Å². The van der Waals surface area contributed by atoms with Crippen molar-refractivity contribution in [2.45, 2.75) is 6.04 Å². The topological polar surface area (TPSA) is 37.8 Å². The lowest BCUT2D eigenvalue weighted by Crippen LogP contribution is -2.13. The number of hydrogen-bond donors (Lipinski definition) is 1. The van der Waals surface area contributed by atoms with Gasteiger partial charge in [0.25, 0.3) is 0 Å². The van der Waals surface area contributed by atoms with E-state index in [4.69, 9.17) is 0 Å². The summed E-state index contributed by atoms with van der Waals surface area (Å²) in [6.07, 6.45) is 3.50. The molecule has 2 aromatic heterocycles. The summed E-state index contributed by atoms with van der Waals surface area (Å²) in [5.41, 5.74) is 2.74. The van der Waals surface area contributed by atoms with Crippen molar-refractivity contribution in [2.24, 2.45) is 0 Å². The molecule has 0 spiro atoms. The Morgan fingerprint density at radius 3 is 2.48 bits per heavy atom. The van der Waals surface area contributed by atoms with Gasteiger partial charge < -0.3 is 5.32 Å². The molecule has 4 heteroatoms. The standard InChI is InChI=1S/C21H16FN3/c22-18-7-3-5-16(13-18)21(25-20-8-1-2-11-24-20)17-10-9-15-6-4-12-23-19(15)14-17/h1-14,21H,(H,24,25). The van der Waals surface area contributed by atoms with E-state index in [1.54, 1.807) is 24.5 Å². The largest absolute Gasteiger partial charge is 0.359 e. The zero-order chi connectivity index (χ0) is 17.1. The Kier molecular flexibility index (Phi) is 4.09. The lowest BCUT2D eigenvalue weighted by molar-refractivity contribution is 0.624. The van der Waals surface area contributed by atoms with Crippen LogP contribution in [0.25, 0.3) is 10.9 Å². The lowest BCUT2D eigenvalue weighted by Gasteiger charge is -2.21. The van der Waals surface area contributed by atoms with Crippen molar-refractivity contribution in [1.29, 1.82) is 0 Å². The molecule has 0 aliphatic rings. The van der Waals surface area contributed by atoms with Gasteiger partial charge in [0, 0.05) is 17.8 Å². The quantitative estimate of drug-likeness (QED) is 0.574. The number of nitrogens with zero attached hydrogens (tertiary/aromatic N) is 2. The first kappa shape index (κ1) is 15.3. The molecule has 0 fully saturated rings. The number of anilines is 1. The third kappa shape index (κ3) is 3.33. The van der Waals surface area contributed by atoms with E-state index in [0.29, 0.717) is 0 Å². The second-order valence-electron chi connectivity index (χ2n) is 5.80. The second-order valence-corrected chi connectivity index (χ2v) is 5.80. The zero-order valence-electron chi connectivity index (χ0n) is 13.4. The summed E-state index contributed by atoms with van der Waals surface area (Å²) in [5, 5.41) is 4.47. The Labute approximate surface area is 145 Å². The molecule has 0 saturated heterocycles. The van der Waals surface area contributed by atoms with Gasteiger partial charge in [0.2, 0.25) is 0 Å². The van der Waals surface area contributed by atoms with Crippen molar-refractivity contribution >= 4 is 16.7 Å². The summed E-state index contributed by atoms with van der Waals surface area (Å²) >= 11 is 0. The average molecular weight is 329 g/mol. The Hall–Kier alpha value is -3.27. The van der Waals surface area contributed by atoms with Gasteiger partial charge in [0.1, 0.15) is 11.6 Å². The van der Waals surface area contributed by atoms with Crippen LogP contribution < -0.4 is 5.32 Å². The van der Waals surface area contributed by atoms with Crippen LogP contribution in [0.2, 0.25) is 0 Å². The van der Waals surface area contributed by atoms with E-state index >= 15 is 0 Å². The number of nitrogens with one attached hydrogen (secondary N) is 1. The maximum absolute atomic E-state index is 13.8. The molecule has 4 aromatic rings. The fourth-order valence-electron chi connectivity index (χ4n) is 2.90. The highest BCUT2D eigenvalue weighted by molar-refractivity contribution is 5.79. The molecule has 122 valence electrons. The van der Waals surface area contributed by atoms with Crippen molar-refractivity contribution in [3.8, 4) is 0 Å². The molecule has 4 rings (SSSR count). The van der Waals surface area contributed by atoms with E-state index in [9.17, 15) is 4.39 Å². The van der Waals surface area contributed by atoms with Crippen LogP contribution in [-0.2, 0) is 0 Å². The van der Waals surface area contributed by atoms with Crippen molar-refractivity contribution in [3.63, 3.8) is 0 Å². The van der Waals surface area contributed by atoms with Crippen LogP contribution in [-0.4, -0.2) is 9.97 Å². The van der Waals surface area contributed by atoms with Gasteiger partial charge in [-0.1, -0.05) is 36.4 Å². The van der Waals surface area contributed by atoms with E-state index in [1.165, 1.54) is 6.07 Å². The highest BCUT2D eigenvalue weighted by Crippen LogP contribution is 2.28. The molecule has 0 bridgehead atoms. The van der Waals surface area contributed by atoms with Gasteiger partial charge in [-0.05, 0) is 47.5 Å². The fourth-order valence-corrected chi connectivity index (χ4v) is 2.90. The van der Waals surface area contributed by atoms with Crippen LogP contribution in [0.1, 0.15) is 17.2 Å². The molecule has 2 aromatic carbocycles. The molecule has 0 aliphatic heterocycles. The van der Waals surface area contributed by atoms with E-state index in [-0.39, 0.29) is 11.9 Å². The maximum atomic E-state index is 13.8. The maximum Gasteiger partial charge on any atom is 0.126 e. The number of halogens is 1. The Morgan fingerprint density at radius 1 is 0.760 bits per heavy atom. The van der Waals surface area contributed by atoms with Gasteiger partial charge in [-0.2, -0.15) is 0 Å². The van der Waals surface area contributed by atoms with Crippen LogP contribution in [0, 0.1) is 5.82 Å². The van der Waals surface area contributed by atoms with Crippen molar-refractivity contribution in [3.05, 3.63) is 102 Å². The van der Waals surface area contributed by atoms with Crippen molar-refractivity contribution in [2.75, 3.05) is 5.32 Å². The van der Waals surface area contributed by atoms with Crippen LogP contribution in [0.15, 0.2) is 85.2 Å². The predicted octanol–water partition coefficient (Wildman–Crippen LogP) is 4.97. The van der Waals surface area contributed by atoms with Crippen molar-refractivity contribution < 1.29 is 4.39 Å².